The standard InChI is InChI=1S/C28H25Cl2N3S/c1-3-26-32-24-13-8-21(27(28-31-14-15-34-28)20-6-11-23(30)12-7-20)17-25(24)33(26)18(2)16-19-4-9-22(29)10-5-19/h4-15,17-18,27H,3,16H2,1-2H3. The van der Waals surface area contributed by atoms with Crippen molar-refractivity contribution in [3.63, 3.8) is 0 Å². The van der Waals surface area contributed by atoms with E-state index in [-0.39, 0.29) is 12.0 Å². The maximum absolute atomic E-state index is 6.18. The van der Waals surface area contributed by atoms with Crippen molar-refractivity contribution in [2.45, 2.75) is 38.6 Å². The first-order chi connectivity index (χ1) is 16.5. The smallest absolute Gasteiger partial charge is 0.109 e. The largest absolute Gasteiger partial charge is 0.325 e. The van der Waals surface area contributed by atoms with E-state index in [1.165, 1.54) is 16.7 Å². The van der Waals surface area contributed by atoms with Crippen LogP contribution in [0.25, 0.3) is 11.0 Å². The molecule has 34 heavy (non-hydrogen) atoms. The van der Waals surface area contributed by atoms with Crippen LogP contribution < -0.4 is 0 Å². The molecule has 2 heterocycles. The summed E-state index contributed by atoms with van der Waals surface area (Å²) >= 11 is 14.0. The molecule has 0 saturated carbocycles. The molecule has 2 aromatic heterocycles. The fraction of sp³-hybridized carbons (Fsp3) is 0.214. The van der Waals surface area contributed by atoms with Crippen LogP contribution in [-0.2, 0) is 12.8 Å². The first kappa shape index (κ1) is 23.1. The molecule has 172 valence electrons. The van der Waals surface area contributed by atoms with Crippen molar-refractivity contribution in [1.82, 2.24) is 14.5 Å². The second-order valence-corrected chi connectivity index (χ2v) is 10.3. The van der Waals surface area contributed by atoms with Gasteiger partial charge in [-0.15, -0.1) is 11.3 Å². The normalized spacial score (nSPS) is 13.3. The zero-order valence-electron chi connectivity index (χ0n) is 19.1. The molecule has 0 saturated heterocycles. The summed E-state index contributed by atoms with van der Waals surface area (Å²) in [7, 11) is 0. The van der Waals surface area contributed by atoms with E-state index in [1.54, 1.807) is 11.3 Å². The Labute approximate surface area is 214 Å². The molecule has 0 amide bonds. The minimum absolute atomic E-state index is 0.0432. The molecule has 3 aromatic carbocycles. The highest BCUT2D eigenvalue weighted by Crippen LogP contribution is 2.36. The Balaban J connectivity index is 1.60. The molecule has 0 bridgehead atoms. The fourth-order valence-corrected chi connectivity index (χ4v) is 5.69. The summed E-state index contributed by atoms with van der Waals surface area (Å²) < 4.78 is 2.40. The van der Waals surface area contributed by atoms with E-state index in [2.05, 4.69) is 65.9 Å². The SMILES string of the molecule is CCc1nc2ccc(C(c3ccc(Cl)cc3)c3nccs3)cc2n1C(C)Cc1ccc(Cl)cc1. The van der Waals surface area contributed by atoms with Crippen molar-refractivity contribution in [3.8, 4) is 0 Å². The number of nitrogens with zero attached hydrogens (tertiary/aromatic N) is 3. The number of rotatable bonds is 7. The second-order valence-electron chi connectivity index (χ2n) is 8.53. The number of hydrogen-bond donors (Lipinski definition) is 0. The third kappa shape index (κ3) is 4.63. The van der Waals surface area contributed by atoms with Crippen molar-refractivity contribution in [3.05, 3.63) is 116 Å². The Morgan fingerprint density at radius 3 is 2.24 bits per heavy atom. The molecule has 5 aromatic rings. The van der Waals surface area contributed by atoms with Gasteiger partial charge in [0.05, 0.1) is 17.0 Å². The fourth-order valence-electron chi connectivity index (χ4n) is 4.64. The molecule has 0 aliphatic heterocycles. The maximum atomic E-state index is 6.18. The van der Waals surface area contributed by atoms with Gasteiger partial charge in [-0.1, -0.05) is 60.5 Å². The third-order valence-electron chi connectivity index (χ3n) is 6.22. The van der Waals surface area contributed by atoms with Crippen molar-refractivity contribution < 1.29 is 0 Å². The highest BCUT2D eigenvalue weighted by molar-refractivity contribution is 7.09. The zero-order chi connectivity index (χ0) is 23.7. The monoisotopic (exact) mass is 505 g/mol. The Bertz CT molecular complexity index is 1390. The van der Waals surface area contributed by atoms with Crippen LogP contribution in [0.4, 0.5) is 0 Å². The summed E-state index contributed by atoms with van der Waals surface area (Å²) in [6.45, 7) is 4.43. The van der Waals surface area contributed by atoms with Gasteiger partial charge in [0.2, 0.25) is 0 Å². The number of aromatic nitrogens is 3. The van der Waals surface area contributed by atoms with Gasteiger partial charge < -0.3 is 4.57 Å². The van der Waals surface area contributed by atoms with Gasteiger partial charge in [-0.05, 0) is 66.4 Å². The van der Waals surface area contributed by atoms with Crippen LogP contribution in [0.3, 0.4) is 0 Å². The van der Waals surface area contributed by atoms with Crippen LogP contribution in [0.15, 0.2) is 78.3 Å². The molecule has 0 spiro atoms. The van der Waals surface area contributed by atoms with Crippen molar-refractivity contribution in [2.24, 2.45) is 0 Å². The number of halogens is 2. The van der Waals surface area contributed by atoms with Gasteiger partial charge in [-0.2, -0.15) is 0 Å². The van der Waals surface area contributed by atoms with Crippen molar-refractivity contribution in [1.29, 1.82) is 0 Å². The van der Waals surface area contributed by atoms with Crippen LogP contribution in [0, 0.1) is 0 Å². The van der Waals surface area contributed by atoms with Gasteiger partial charge in [0.1, 0.15) is 10.8 Å². The van der Waals surface area contributed by atoms with Gasteiger partial charge in [-0.3, -0.25) is 0 Å². The second kappa shape index (κ2) is 9.91. The highest BCUT2D eigenvalue weighted by atomic mass is 35.5. The molecular formula is C28H25Cl2N3S. The molecule has 6 heteroatoms. The van der Waals surface area contributed by atoms with Crippen LogP contribution in [0.5, 0.6) is 0 Å². The average molecular weight is 507 g/mol. The number of thiazole rings is 1. The van der Waals surface area contributed by atoms with Crippen LogP contribution in [-0.4, -0.2) is 14.5 Å². The van der Waals surface area contributed by atoms with Gasteiger partial charge in [0.25, 0.3) is 0 Å². The van der Waals surface area contributed by atoms with Crippen molar-refractivity contribution >= 4 is 45.6 Å². The topological polar surface area (TPSA) is 30.7 Å². The molecule has 0 aliphatic rings. The van der Waals surface area contributed by atoms with Gasteiger partial charge in [0.15, 0.2) is 0 Å². The Kier molecular flexibility index (Phi) is 6.73. The van der Waals surface area contributed by atoms with E-state index in [4.69, 9.17) is 28.2 Å². The molecule has 0 fully saturated rings. The minimum atomic E-state index is 0.0432. The van der Waals surface area contributed by atoms with E-state index in [9.17, 15) is 0 Å². The van der Waals surface area contributed by atoms with E-state index in [0.29, 0.717) is 0 Å². The summed E-state index contributed by atoms with van der Waals surface area (Å²) in [5.41, 5.74) is 5.82. The molecule has 2 unspecified atom stereocenters. The first-order valence-electron chi connectivity index (χ1n) is 11.4. The molecule has 2 atom stereocenters. The lowest BCUT2D eigenvalue weighted by molar-refractivity contribution is 0.537. The lowest BCUT2D eigenvalue weighted by atomic mass is 9.91. The Morgan fingerprint density at radius 1 is 0.912 bits per heavy atom. The van der Waals surface area contributed by atoms with Gasteiger partial charge >= 0.3 is 0 Å². The Morgan fingerprint density at radius 2 is 1.59 bits per heavy atom. The molecule has 0 aliphatic carbocycles. The van der Waals surface area contributed by atoms with Crippen LogP contribution in [0.1, 0.15) is 53.3 Å². The number of hydrogen-bond acceptors (Lipinski definition) is 3. The van der Waals surface area contributed by atoms with Crippen LogP contribution in [0.2, 0.25) is 10.0 Å². The molecule has 5 rings (SSSR count). The van der Waals surface area contributed by atoms with E-state index < -0.39 is 0 Å². The molecule has 0 radical (unpaired) electrons. The molecule has 3 nitrogen and oxygen atoms in total. The summed E-state index contributed by atoms with van der Waals surface area (Å²) in [6, 6.07) is 23.1. The van der Waals surface area contributed by atoms with Crippen molar-refractivity contribution in [2.75, 3.05) is 0 Å². The minimum Gasteiger partial charge on any atom is -0.325 e. The van der Waals surface area contributed by atoms with Gasteiger partial charge in [-0.25, -0.2) is 9.97 Å². The molecular weight excluding hydrogens is 481 g/mol. The number of imidazole rings is 1. The summed E-state index contributed by atoms with van der Waals surface area (Å²) in [5.74, 6) is 1.15. The summed E-state index contributed by atoms with van der Waals surface area (Å²) in [4.78, 5) is 9.63. The highest BCUT2D eigenvalue weighted by Gasteiger charge is 2.22. The summed E-state index contributed by atoms with van der Waals surface area (Å²) in [6.07, 6.45) is 3.66. The lowest BCUT2D eigenvalue weighted by Crippen LogP contribution is -2.12. The number of benzene rings is 3. The first-order valence-corrected chi connectivity index (χ1v) is 13.1. The number of fused-ring (bicyclic) bond motifs is 1. The Hall–Kier alpha value is -2.66. The van der Waals surface area contributed by atoms with E-state index >= 15 is 0 Å². The average Bonchev–Trinajstić information content (AvgIpc) is 3.50. The quantitative estimate of drug-likeness (QED) is 0.222. The van der Waals surface area contributed by atoms with Crippen LogP contribution >= 0.6 is 34.5 Å². The summed E-state index contributed by atoms with van der Waals surface area (Å²) in [5, 5.41) is 4.60. The maximum Gasteiger partial charge on any atom is 0.109 e. The lowest BCUT2D eigenvalue weighted by Gasteiger charge is -2.19. The predicted molar refractivity (Wildman–Crippen MR) is 143 cm³/mol. The number of aryl methyl sites for hydroxylation is 1. The van der Waals surface area contributed by atoms with E-state index in [0.717, 1.165) is 44.8 Å². The molecule has 0 N–H and O–H groups in total. The third-order valence-corrected chi connectivity index (χ3v) is 7.57. The van der Waals surface area contributed by atoms with E-state index in [1.807, 2.05) is 35.8 Å². The predicted octanol–water partition coefficient (Wildman–Crippen LogP) is 8.35. The zero-order valence-corrected chi connectivity index (χ0v) is 21.4. The van der Waals surface area contributed by atoms with Gasteiger partial charge in [0, 0.05) is 34.1 Å².